The van der Waals surface area contributed by atoms with Gasteiger partial charge in [-0.3, -0.25) is 0 Å². The Morgan fingerprint density at radius 1 is 1.54 bits per heavy atom. The minimum absolute atomic E-state index is 0.751. The summed E-state index contributed by atoms with van der Waals surface area (Å²) >= 11 is 0. The van der Waals surface area contributed by atoms with Crippen LogP contribution in [0.15, 0.2) is 12.5 Å². The van der Waals surface area contributed by atoms with Crippen LogP contribution in [0.5, 0.6) is 0 Å². The minimum Gasteiger partial charge on any atom is -0.367 e. The number of rotatable bonds is 3. The lowest BCUT2D eigenvalue weighted by Gasteiger charge is -2.01. The molecule has 0 amide bonds. The molecule has 2 rings (SSSR count). The molecule has 2 heterocycles. The van der Waals surface area contributed by atoms with Crippen molar-refractivity contribution in [3.63, 3.8) is 0 Å². The van der Waals surface area contributed by atoms with E-state index >= 15 is 0 Å². The molecular weight excluding hydrogens is 166 g/mol. The highest BCUT2D eigenvalue weighted by atomic mass is 15.2. The van der Waals surface area contributed by atoms with E-state index in [1.54, 1.807) is 12.5 Å². The zero-order valence-electron chi connectivity index (χ0n) is 7.41. The number of hydrogen-bond acceptors (Lipinski definition) is 4. The molecule has 0 unspecified atom stereocenters. The van der Waals surface area contributed by atoms with Crippen LogP contribution in [-0.2, 0) is 0 Å². The second kappa shape index (κ2) is 3.38. The number of imidazole rings is 1. The lowest BCUT2D eigenvalue weighted by molar-refractivity contribution is 0.949. The third-order valence-electron chi connectivity index (χ3n) is 1.78. The van der Waals surface area contributed by atoms with Gasteiger partial charge in [-0.05, 0) is 6.42 Å². The van der Waals surface area contributed by atoms with Gasteiger partial charge in [-0.25, -0.2) is 4.98 Å². The molecule has 0 aliphatic carbocycles. The Hall–Kier alpha value is -1.65. The molecule has 68 valence electrons. The van der Waals surface area contributed by atoms with E-state index in [9.17, 15) is 0 Å². The molecule has 2 N–H and O–H groups in total. The van der Waals surface area contributed by atoms with Crippen molar-refractivity contribution >= 4 is 16.9 Å². The fourth-order valence-corrected chi connectivity index (χ4v) is 1.15. The van der Waals surface area contributed by atoms with Gasteiger partial charge in [0.1, 0.15) is 5.52 Å². The Morgan fingerprint density at radius 3 is 3.31 bits per heavy atom. The van der Waals surface area contributed by atoms with E-state index in [0.717, 1.165) is 29.8 Å². The maximum Gasteiger partial charge on any atom is 0.176 e. The standard InChI is InChI=1S/C8H11N5/c1-2-3-9-8-7-6(4-12-13-8)10-5-11-7/h4-5H,2-3H2,1H3,(H,9,13)(H,10,11). The summed E-state index contributed by atoms with van der Waals surface area (Å²) < 4.78 is 0. The average Bonchev–Trinajstić information content (AvgIpc) is 2.62. The summed E-state index contributed by atoms with van der Waals surface area (Å²) in [6, 6.07) is 0. The van der Waals surface area contributed by atoms with E-state index in [1.807, 2.05) is 0 Å². The fraction of sp³-hybridized carbons (Fsp3) is 0.375. The van der Waals surface area contributed by atoms with E-state index in [0.29, 0.717) is 0 Å². The summed E-state index contributed by atoms with van der Waals surface area (Å²) in [6.45, 7) is 2.99. The highest BCUT2D eigenvalue weighted by Crippen LogP contribution is 2.14. The Labute approximate surface area is 75.6 Å². The number of hydrogen-bond donors (Lipinski definition) is 2. The van der Waals surface area contributed by atoms with Crippen LogP contribution >= 0.6 is 0 Å². The van der Waals surface area contributed by atoms with Crippen molar-refractivity contribution in [2.24, 2.45) is 0 Å². The largest absolute Gasteiger partial charge is 0.367 e. The van der Waals surface area contributed by atoms with Gasteiger partial charge in [-0.2, -0.15) is 5.10 Å². The highest BCUT2D eigenvalue weighted by molar-refractivity contribution is 5.84. The molecule has 0 fully saturated rings. The minimum atomic E-state index is 0.751. The molecule has 0 atom stereocenters. The van der Waals surface area contributed by atoms with Gasteiger partial charge in [-0.15, -0.1) is 5.10 Å². The molecule has 0 saturated heterocycles. The number of anilines is 1. The molecule has 0 aliphatic heterocycles. The van der Waals surface area contributed by atoms with Gasteiger partial charge in [-0.1, -0.05) is 6.92 Å². The molecule has 5 nitrogen and oxygen atoms in total. The number of aromatic amines is 1. The SMILES string of the molecule is CCCNc1nncc2[nH]cnc12. The van der Waals surface area contributed by atoms with Crippen LogP contribution in [-0.4, -0.2) is 26.7 Å². The molecule has 2 aromatic rings. The number of H-pyrrole nitrogens is 1. The van der Waals surface area contributed by atoms with Gasteiger partial charge in [0, 0.05) is 6.54 Å². The first-order valence-electron chi connectivity index (χ1n) is 4.30. The molecule has 0 saturated carbocycles. The van der Waals surface area contributed by atoms with Crippen molar-refractivity contribution in [1.82, 2.24) is 20.2 Å². The zero-order chi connectivity index (χ0) is 9.10. The molecule has 0 aliphatic rings. The van der Waals surface area contributed by atoms with Crippen molar-refractivity contribution in [3.8, 4) is 0 Å². The van der Waals surface area contributed by atoms with Gasteiger partial charge in [0.05, 0.1) is 18.0 Å². The summed E-state index contributed by atoms with van der Waals surface area (Å²) in [7, 11) is 0. The van der Waals surface area contributed by atoms with Gasteiger partial charge in [0.25, 0.3) is 0 Å². The first-order chi connectivity index (χ1) is 6.42. The maximum absolute atomic E-state index is 4.15. The van der Waals surface area contributed by atoms with Gasteiger partial charge < -0.3 is 10.3 Å². The highest BCUT2D eigenvalue weighted by Gasteiger charge is 2.03. The van der Waals surface area contributed by atoms with Crippen molar-refractivity contribution in [1.29, 1.82) is 0 Å². The van der Waals surface area contributed by atoms with Crippen LogP contribution in [0.25, 0.3) is 11.0 Å². The predicted octanol–water partition coefficient (Wildman–Crippen LogP) is 1.17. The van der Waals surface area contributed by atoms with E-state index in [2.05, 4.69) is 32.4 Å². The molecule has 0 spiro atoms. The number of aromatic nitrogens is 4. The Balaban J connectivity index is 2.37. The second-order valence-electron chi connectivity index (χ2n) is 2.78. The van der Waals surface area contributed by atoms with Gasteiger partial charge in [0.15, 0.2) is 5.82 Å². The first kappa shape index (κ1) is 7.97. The molecular formula is C8H11N5. The Bertz CT molecular complexity index is 394. The monoisotopic (exact) mass is 177 g/mol. The molecule has 13 heavy (non-hydrogen) atoms. The third kappa shape index (κ3) is 1.44. The predicted molar refractivity (Wildman–Crippen MR) is 50.5 cm³/mol. The summed E-state index contributed by atoms with van der Waals surface area (Å²) in [4.78, 5) is 7.13. The maximum atomic E-state index is 4.15. The summed E-state index contributed by atoms with van der Waals surface area (Å²) in [5, 5.41) is 11.0. The summed E-state index contributed by atoms with van der Waals surface area (Å²) in [5.41, 5.74) is 1.76. The first-order valence-corrected chi connectivity index (χ1v) is 4.30. The van der Waals surface area contributed by atoms with Crippen molar-refractivity contribution < 1.29 is 0 Å². The van der Waals surface area contributed by atoms with Crippen LogP contribution in [0.4, 0.5) is 5.82 Å². The molecule has 5 heteroatoms. The summed E-state index contributed by atoms with van der Waals surface area (Å²) in [5.74, 6) is 0.751. The number of fused-ring (bicyclic) bond motifs is 1. The molecule has 0 radical (unpaired) electrons. The molecule has 0 bridgehead atoms. The number of nitrogens with zero attached hydrogens (tertiary/aromatic N) is 3. The Morgan fingerprint density at radius 2 is 2.46 bits per heavy atom. The normalized spacial score (nSPS) is 10.5. The molecule has 0 aromatic carbocycles. The topological polar surface area (TPSA) is 66.5 Å². The molecule has 2 aromatic heterocycles. The lowest BCUT2D eigenvalue weighted by Crippen LogP contribution is -2.03. The fourth-order valence-electron chi connectivity index (χ4n) is 1.15. The van der Waals surface area contributed by atoms with Crippen LogP contribution in [0, 0.1) is 0 Å². The third-order valence-corrected chi connectivity index (χ3v) is 1.78. The Kier molecular flexibility index (Phi) is 2.08. The summed E-state index contributed by atoms with van der Waals surface area (Å²) in [6.07, 6.45) is 4.37. The van der Waals surface area contributed by atoms with Crippen LogP contribution in [0.1, 0.15) is 13.3 Å². The van der Waals surface area contributed by atoms with E-state index in [-0.39, 0.29) is 0 Å². The lowest BCUT2D eigenvalue weighted by atomic mass is 10.4. The van der Waals surface area contributed by atoms with E-state index < -0.39 is 0 Å². The average molecular weight is 177 g/mol. The zero-order valence-corrected chi connectivity index (χ0v) is 7.41. The van der Waals surface area contributed by atoms with E-state index in [1.165, 1.54) is 0 Å². The number of nitrogens with one attached hydrogen (secondary N) is 2. The quantitative estimate of drug-likeness (QED) is 0.738. The van der Waals surface area contributed by atoms with Crippen molar-refractivity contribution in [2.45, 2.75) is 13.3 Å². The van der Waals surface area contributed by atoms with Gasteiger partial charge >= 0.3 is 0 Å². The van der Waals surface area contributed by atoms with Crippen molar-refractivity contribution in [2.75, 3.05) is 11.9 Å². The van der Waals surface area contributed by atoms with Crippen LogP contribution < -0.4 is 5.32 Å². The van der Waals surface area contributed by atoms with Crippen LogP contribution in [0.2, 0.25) is 0 Å². The van der Waals surface area contributed by atoms with Gasteiger partial charge in [0.2, 0.25) is 0 Å². The smallest absolute Gasteiger partial charge is 0.176 e. The van der Waals surface area contributed by atoms with E-state index in [4.69, 9.17) is 0 Å². The van der Waals surface area contributed by atoms with Crippen molar-refractivity contribution in [3.05, 3.63) is 12.5 Å². The van der Waals surface area contributed by atoms with Crippen LogP contribution in [0.3, 0.4) is 0 Å². The second-order valence-corrected chi connectivity index (χ2v) is 2.78.